The van der Waals surface area contributed by atoms with E-state index in [2.05, 4.69) is 9.80 Å². The van der Waals surface area contributed by atoms with Gasteiger partial charge in [0.25, 0.3) is 0 Å². The molecule has 2 heterocycles. The topological polar surface area (TPSA) is 77.9 Å². The second-order valence-corrected chi connectivity index (χ2v) is 9.49. The monoisotopic (exact) mass is 380 g/mol. The Morgan fingerprint density at radius 2 is 1.77 bits per heavy atom. The predicted octanol–water partition coefficient (Wildman–Crippen LogP) is 1.72. The molecular weight excluding hydrogens is 352 g/mol. The summed E-state index contributed by atoms with van der Waals surface area (Å²) in [5.74, 6) is -0.775. The molecule has 2 aliphatic rings. The van der Waals surface area contributed by atoms with Gasteiger partial charge in [0.1, 0.15) is 0 Å². The number of carboxylic acids is 1. The van der Waals surface area contributed by atoms with Gasteiger partial charge in [-0.1, -0.05) is 18.2 Å². The van der Waals surface area contributed by atoms with Gasteiger partial charge in [0, 0.05) is 19.1 Å². The minimum absolute atomic E-state index is 0.145. The first-order valence-electron chi connectivity index (χ1n) is 9.43. The number of likely N-dealkylation sites (tertiary alicyclic amines) is 2. The molecule has 1 aromatic carbocycles. The zero-order chi connectivity index (χ0) is 18.6. The smallest absolute Gasteiger partial charge is 0.307 e. The summed E-state index contributed by atoms with van der Waals surface area (Å²) < 4.78 is 24.8. The van der Waals surface area contributed by atoms with Crippen LogP contribution in [0.15, 0.2) is 35.2 Å². The fraction of sp³-hybridized carbons (Fsp3) is 0.632. The van der Waals surface area contributed by atoms with Crippen LogP contribution in [0, 0.1) is 5.92 Å². The maximum Gasteiger partial charge on any atom is 0.307 e. The Bertz CT molecular complexity index is 700. The molecule has 26 heavy (non-hydrogen) atoms. The number of benzene rings is 1. The molecule has 1 atom stereocenters. The number of hydrogen-bond acceptors (Lipinski definition) is 5. The quantitative estimate of drug-likeness (QED) is 0.810. The van der Waals surface area contributed by atoms with Crippen LogP contribution in [0.5, 0.6) is 0 Å². The van der Waals surface area contributed by atoms with E-state index in [-0.39, 0.29) is 11.7 Å². The van der Waals surface area contributed by atoms with Gasteiger partial charge in [-0.25, -0.2) is 8.42 Å². The maximum absolute atomic E-state index is 12.4. The molecule has 0 unspecified atom stereocenters. The van der Waals surface area contributed by atoms with E-state index in [0.717, 1.165) is 45.3 Å². The van der Waals surface area contributed by atoms with Crippen LogP contribution >= 0.6 is 0 Å². The van der Waals surface area contributed by atoms with Crippen molar-refractivity contribution in [1.82, 2.24) is 9.80 Å². The molecule has 144 valence electrons. The minimum atomic E-state index is -3.23. The lowest BCUT2D eigenvalue weighted by atomic mass is 9.94. The van der Waals surface area contributed by atoms with Gasteiger partial charge < -0.3 is 10.0 Å². The van der Waals surface area contributed by atoms with Crippen molar-refractivity contribution < 1.29 is 18.3 Å². The number of rotatable bonds is 6. The minimum Gasteiger partial charge on any atom is -0.481 e. The van der Waals surface area contributed by atoms with Crippen LogP contribution in [0.2, 0.25) is 0 Å². The van der Waals surface area contributed by atoms with Gasteiger partial charge in [0.15, 0.2) is 9.84 Å². The highest BCUT2D eigenvalue weighted by Crippen LogP contribution is 2.24. The van der Waals surface area contributed by atoms with Crippen molar-refractivity contribution in [3.05, 3.63) is 30.3 Å². The Kier molecular flexibility index (Phi) is 6.32. The third kappa shape index (κ3) is 4.84. The van der Waals surface area contributed by atoms with Crippen molar-refractivity contribution in [1.29, 1.82) is 0 Å². The summed E-state index contributed by atoms with van der Waals surface area (Å²) in [6.07, 6.45) is 3.70. The number of sulfone groups is 1. The summed E-state index contributed by atoms with van der Waals surface area (Å²) in [4.78, 5) is 16.2. The highest BCUT2D eigenvalue weighted by atomic mass is 32.2. The van der Waals surface area contributed by atoms with E-state index in [0.29, 0.717) is 24.0 Å². The molecular formula is C19H28N2O4S. The van der Waals surface area contributed by atoms with Crippen molar-refractivity contribution in [2.75, 3.05) is 38.5 Å². The zero-order valence-corrected chi connectivity index (χ0v) is 15.9. The first kappa shape index (κ1) is 19.3. The van der Waals surface area contributed by atoms with E-state index < -0.39 is 15.8 Å². The zero-order valence-electron chi connectivity index (χ0n) is 15.1. The Balaban J connectivity index is 1.46. The molecule has 0 amide bonds. The molecule has 0 aliphatic carbocycles. The lowest BCUT2D eigenvalue weighted by molar-refractivity contribution is -0.144. The summed E-state index contributed by atoms with van der Waals surface area (Å²) >= 11 is 0. The van der Waals surface area contributed by atoms with Gasteiger partial charge in [0.05, 0.1) is 16.6 Å². The summed E-state index contributed by atoms with van der Waals surface area (Å²) in [6, 6.07) is 9.05. The maximum atomic E-state index is 12.4. The average Bonchev–Trinajstić information content (AvgIpc) is 2.68. The Hall–Kier alpha value is -1.44. The van der Waals surface area contributed by atoms with Gasteiger partial charge >= 0.3 is 5.97 Å². The molecule has 0 saturated carbocycles. The fourth-order valence-corrected chi connectivity index (χ4v) is 5.35. The normalized spacial score (nSPS) is 23.8. The second kappa shape index (κ2) is 8.50. The van der Waals surface area contributed by atoms with Crippen LogP contribution in [0.3, 0.4) is 0 Å². The standard InChI is InChI=1S/C19H28N2O4S/c22-19(23)16-5-4-10-21(15-16)17-8-11-20(12-9-17)13-14-26(24,25)18-6-2-1-3-7-18/h1-3,6-7,16-17H,4-5,8-15H2,(H,22,23)/t16-/m0/s1. The van der Waals surface area contributed by atoms with Crippen LogP contribution in [0.4, 0.5) is 0 Å². The van der Waals surface area contributed by atoms with Crippen LogP contribution in [0.1, 0.15) is 25.7 Å². The van der Waals surface area contributed by atoms with Crippen LogP contribution < -0.4 is 0 Å². The lowest BCUT2D eigenvalue weighted by Crippen LogP contribution is -2.50. The third-order valence-electron chi connectivity index (χ3n) is 5.65. The van der Waals surface area contributed by atoms with Gasteiger partial charge in [0.2, 0.25) is 0 Å². The van der Waals surface area contributed by atoms with E-state index in [9.17, 15) is 18.3 Å². The van der Waals surface area contributed by atoms with Gasteiger partial charge in [-0.15, -0.1) is 0 Å². The molecule has 2 aliphatic heterocycles. The SMILES string of the molecule is O=C(O)[C@H]1CCCN(C2CCN(CCS(=O)(=O)c3ccccc3)CC2)C1. The molecule has 0 radical (unpaired) electrons. The van der Waals surface area contributed by atoms with E-state index in [1.165, 1.54) is 0 Å². The van der Waals surface area contributed by atoms with E-state index in [1.54, 1.807) is 24.3 Å². The van der Waals surface area contributed by atoms with Gasteiger partial charge in [-0.3, -0.25) is 9.69 Å². The number of carboxylic acid groups (broad SMARTS) is 1. The largest absolute Gasteiger partial charge is 0.481 e. The Morgan fingerprint density at radius 3 is 2.42 bits per heavy atom. The molecule has 0 aromatic heterocycles. The summed E-state index contributed by atoms with van der Waals surface area (Å²) in [5, 5.41) is 9.24. The molecule has 1 aromatic rings. The predicted molar refractivity (Wildman–Crippen MR) is 99.9 cm³/mol. The molecule has 0 spiro atoms. The fourth-order valence-electron chi connectivity index (χ4n) is 4.04. The first-order chi connectivity index (χ1) is 12.5. The summed E-state index contributed by atoms with van der Waals surface area (Å²) in [6.45, 7) is 3.95. The van der Waals surface area contributed by atoms with Crippen LogP contribution in [0.25, 0.3) is 0 Å². The highest BCUT2D eigenvalue weighted by molar-refractivity contribution is 7.91. The summed E-state index contributed by atoms with van der Waals surface area (Å²) in [5.41, 5.74) is 0. The van der Waals surface area contributed by atoms with E-state index in [1.807, 2.05) is 6.07 Å². The van der Waals surface area contributed by atoms with Crippen LogP contribution in [-0.2, 0) is 14.6 Å². The molecule has 2 fully saturated rings. The Labute approximate surface area is 155 Å². The molecule has 1 N–H and O–H groups in total. The molecule has 6 nitrogen and oxygen atoms in total. The van der Waals surface area contributed by atoms with Crippen molar-refractivity contribution in [3.63, 3.8) is 0 Å². The highest BCUT2D eigenvalue weighted by Gasteiger charge is 2.31. The molecule has 3 rings (SSSR count). The number of hydrogen-bond donors (Lipinski definition) is 1. The molecule has 2 saturated heterocycles. The second-order valence-electron chi connectivity index (χ2n) is 7.38. The van der Waals surface area contributed by atoms with Crippen molar-refractivity contribution in [2.45, 2.75) is 36.6 Å². The van der Waals surface area contributed by atoms with Gasteiger partial charge in [-0.05, 0) is 57.5 Å². The number of piperidine rings is 2. The Morgan fingerprint density at radius 1 is 1.08 bits per heavy atom. The molecule has 7 heteroatoms. The van der Waals surface area contributed by atoms with Crippen molar-refractivity contribution in [2.24, 2.45) is 5.92 Å². The summed E-state index contributed by atoms with van der Waals surface area (Å²) in [7, 11) is -3.23. The lowest BCUT2D eigenvalue weighted by Gasteiger charge is -2.41. The number of nitrogens with zero attached hydrogens (tertiary/aromatic N) is 2. The van der Waals surface area contributed by atoms with E-state index >= 15 is 0 Å². The van der Waals surface area contributed by atoms with Crippen molar-refractivity contribution >= 4 is 15.8 Å². The van der Waals surface area contributed by atoms with Gasteiger partial charge in [-0.2, -0.15) is 0 Å². The number of aliphatic carboxylic acids is 1. The van der Waals surface area contributed by atoms with Crippen molar-refractivity contribution in [3.8, 4) is 0 Å². The molecule has 0 bridgehead atoms. The van der Waals surface area contributed by atoms with E-state index in [4.69, 9.17) is 0 Å². The average molecular weight is 381 g/mol. The number of carbonyl (C=O) groups is 1. The third-order valence-corrected chi connectivity index (χ3v) is 7.36. The first-order valence-corrected chi connectivity index (χ1v) is 11.1. The van der Waals surface area contributed by atoms with Crippen LogP contribution in [-0.4, -0.2) is 73.8 Å².